The molecule has 69 heavy (non-hydrogen) atoms. The number of carbonyl (C=O) groups is 1. The summed E-state index contributed by atoms with van der Waals surface area (Å²) in [6.45, 7) is 3.45. The standard InChI is InChI=1S/C58H109NO10/c1-3-5-7-9-11-13-15-17-19-21-23-24-25-26-28-29-31-33-35-37-39-41-43-45-50(61)53(63)49(48-68-58-56(66)55(65)54(64)52(47-60)69-58)59-57(67)51(62)46-44-42-40-38-36-34-32-30-27-22-20-18-16-14-12-10-8-6-4-2/h27,29-31,37,39,49-56,58,60-66H,3-26,28,32-36,38,40-48H2,1-2H3,(H,59,67)/b30-27-,31-29+,39-37+. The van der Waals surface area contributed by atoms with Gasteiger partial charge in [0.25, 0.3) is 0 Å². The highest BCUT2D eigenvalue weighted by Crippen LogP contribution is 2.23. The molecule has 1 heterocycles. The van der Waals surface area contributed by atoms with Crippen molar-refractivity contribution in [2.45, 2.75) is 313 Å². The van der Waals surface area contributed by atoms with E-state index in [1.807, 2.05) is 0 Å². The van der Waals surface area contributed by atoms with Gasteiger partial charge in [0.1, 0.15) is 36.6 Å². The van der Waals surface area contributed by atoms with Crippen molar-refractivity contribution in [2.24, 2.45) is 0 Å². The molecule has 1 aliphatic heterocycles. The molecular formula is C58H109NO10. The van der Waals surface area contributed by atoms with Crippen LogP contribution in [0.2, 0.25) is 0 Å². The van der Waals surface area contributed by atoms with Gasteiger partial charge in [0.2, 0.25) is 5.91 Å². The summed E-state index contributed by atoms with van der Waals surface area (Å²) in [5.74, 6) is -0.714. The summed E-state index contributed by atoms with van der Waals surface area (Å²) in [6.07, 6.45) is 46.3. The van der Waals surface area contributed by atoms with Crippen LogP contribution in [-0.4, -0.2) is 110 Å². The van der Waals surface area contributed by atoms with Gasteiger partial charge in [-0.05, 0) is 77.0 Å². The number of unbranched alkanes of at least 4 members (excludes halogenated alkanes) is 31. The summed E-state index contributed by atoms with van der Waals surface area (Å²) >= 11 is 0. The molecule has 0 aromatic heterocycles. The van der Waals surface area contributed by atoms with Crippen molar-refractivity contribution in [3.8, 4) is 0 Å². The molecule has 11 nitrogen and oxygen atoms in total. The monoisotopic (exact) mass is 980 g/mol. The largest absolute Gasteiger partial charge is 0.394 e. The van der Waals surface area contributed by atoms with Crippen molar-refractivity contribution in [2.75, 3.05) is 13.2 Å². The molecule has 0 bridgehead atoms. The Morgan fingerprint density at radius 3 is 1.29 bits per heavy atom. The fraction of sp³-hybridized carbons (Fsp3) is 0.879. The molecule has 0 radical (unpaired) electrons. The third-order valence-corrected chi connectivity index (χ3v) is 13.9. The first-order valence-corrected chi connectivity index (χ1v) is 28.9. The fourth-order valence-corrected chi connectivity index (χ4v) is 9.16. The van der Waals surface area contributed by atoms with E-state index in [-0.39, 0.29) is 12.8 Å². The summed E-state index contributed by atoms with van der Waals surface area (Å²) in [6, 6.07) is -1.19. The molecule has 1 fully saturated rings. The van der Waals surface area contributed by atoms with Gasteiger partial charge in [0.15, 0.2) is 6.29 Å². The molecule has 0 spiro atoms. The maximum Gasteiger partial charge on any atom is 0.249 e. The summed E-state index contributed by atoms with van der Waals surface area (Å²) in [5.41, 5.74) is 0. The zero-order valence-electron chi connectivity index (χ0n) is 44.3. The molecule has 406 valence electrons. The van der Waals surface area contributed by atoms with Gasteiger partial charge in [-0.3, -0.25) is 4.79 Å². The molecule has 0 aromatic rings. The number of rotatable bonds is 49. The molecule has 1 saturated heterocycles. The predicted molar refractivity (Wildman–Crippen MR) is 284 cm³/mol. The number of aliphatic hydroxyl groups excluding tert-OH is 7. The van der Waals surface area contributed by atoms with Crippen LogP contribution >= 0.6 is 0 Å². The van der Waals surface area contributed by atoms with Gasteiger partial charge in [0, 0.05) is 0 Å². The second-order valence-corrected chi connectivity index (χ2v) is 20.3. The maximum atomic E-state index is 13.2. The first-order valence-electron chi connectivity index (χ1n) is 28.9. The van der Waals surface area contributed by atoms with E-state index in [1.165, 1.54) is 154 Å². The van der Waals surface area contributed by atoms with Crippen LogP contribution in [0, 0.1) is 0 Å². The number of hydrogen-bond acceptors (Lipinski definition) is 10. The van der Waals surface area contributed by atoms with Crippen LogP contribution in [0.25, 0.3) is 0 Å². The molecule has 11 heteroatoms. The number of amides is 1. The number of hydrogen-bond donors (Lipinski definition) is 8. The minimum absolute atomic E-state index is 0.244. The molecule has 1 amide bonds. The van der Waals surface area contributed by atoms with Crippen molar-refractivity contribution in [1.29, 1.82) is 0 Å². The zero-order chi connectivity index (χ0) is 50.4. The Balaban J connectivity index is 2.36. The van der Waals surface area contributed by atoms with E-state index in [0.29, 0.717) is 19.3 Å². The van der Waals surface area contributed by atoms with E-state index in [1.54, 1.807) is 0 Å². The Labute approximate surface area is 422 Å². The Kier molecular flexibility index (Phi) is 44.8. The first-order chi connectivity index (χ1) is 33.7. The van der Waals surface area contributed by atoms with Gasteiger partial charge in [-0.25, -0.2) is 0 Å². The number of aliphatic hydroxyl groups is 7. The van der Waals surface area contributed by atoms with E-state index < -0.39 is 74.2 Å². The van der Waals surface area contributed by atoms with Crippen LogP contribution in [0.5, 0.6) is 0 Å². The molecule has 1 aliphatic rings. The van der Waals surface area contributed by atoms with Crippen LogP contribution in [0.1, 0.15) is 258 Å². The summed E-state index contributed by atoms with van der Waals surface area (Å²) in [4.78, 5) is 13.2. The van der Waals surface area contributed by atoms with Crippen LogP contribution in [-0.2, 0) is 14.3 Å². The van der Waals surface area contributed by atoms with Gasteiger partial charge in [-0.2, -0.15) is 0 Å². The maximum absolute atomic E-state index is 13.2. The van der Waals surface area contributed by atoms with Crippen molar-refractivity contribution < 1.29 is 50.0 Å². The van der Waals surface area contributed by atoms with Crippen molar-refractivity contribution in [3.63, 3.8) is 0 Å². The highest BCUT2D eigenvalue weighted by atomic mass is 16.7. The lowest BCUT2D eigenvalue weighted by Crippen LogP contribution is -2.60. The Bertz CT molecular complexity index is 1210. The second-order valence-electron chi connectivity index (χ2n) is 20.3. The van der Waals surface area contributed by atoms with Crippen LogP contribution < -0.4 is 5.32 Å². The third kappa shape index (κ3) is 36.0. The van der Waals surface area contributed by atoms with Crippen LogP contribution in [0.4, 0.5) is 0 Å². The summed E-state index contributed by atoms with van der Waals surface area (Å²) in [5, 5.41) is 76.1. The van der Waals surface area contributed by atoms with Gasteiger partial charge in [0.05, 0.1) is 25.4 Å². The number of nitrogens with one attached hydrogen (secondary N) is 1. The fourth-order valence-electron chi connectivity index (χ4n) is 9.16. The van der Waals surface area contributed by atoms with E-state index in [9.17, 15) is 40.5 Å². The SMILES string of the molecule is CCCCCCCCCCC/C=C\CCCCCCCCC(O)C(=O)NC(COC1OC(CO)C(O)C(O)C1O)C(O)C(O)CCC/C=C/CC/C=C/CCCCCCCCCCCCCCCC. The lowest BCUT2D eigenvalue weighted by atomic mass is 9.98. The zero-order valence-corrected chi connectivity index (χ0v) is 44.3. The van der Waals surface area contributed by atoms with Crippen molar-refractivity contribution in [3.05, 3.63) is 36.5 Å². The van der Waals surface area contributed by atoms with Crippen LogP contribution in [0.3, 0.4) is 0 Å². The molecule has 0 aromatic carbocycles. The van der Waals surface area contributed by atoms with Gasteiger partial charge < -0.3 is 50.5 Å². The van der Waals surface area contributed by atoms with E-state index in [2.05, 4.69) is 55.6 Å². The molecule has 0 aliphatic carbocycles. The van der Waals surface area contributed by atoms with E-state index in [0.717, 1.165) is 57.8 Å². The molecule has 9 atom stereocenters. The average Bonchev–Trinajstić information content (AvgIpc) is 3.35. The minimum Gasteiger partial charge on any atom is -0.394 e. The van der Waals surface area contributed by atoms with Crippen molar-refractivity contribution in [1.82, 2.24) is 5.32 Å². The number of carbonyl (C=O) groups excluding carboxylic acids is 1. The molecule has 8 N–H and O–H groups in total. The highest BCUT2D eigenvalue weighted by molar-refractivity contribution is 5.80. The van der Waals surface area contributed by atoms with Crippen LogP contribution in [0.15, 0.2) is 36.5 Å². The topological polar surface area (TPSA) is 189 Å². The average molecular weight is 981 g/mol. The van der Waals surface area contributed by atoms with Gasteiger partial charge >= 0.3 is 0 Å². The number of ether oxygens (including phenoxy) is 2. The summed E-state index contributed by atoms with van der Waals surface area (Å²) in [7, 11) is 0. The molecular weight excluding hydrogens is 871 g/mol. The summed E-state index contributed by atoms with van der Waals surface area (Å²) < 4.78 is 11.1. The minimum atomic E-state index is -1.67. The lowest BCUT2D eigenvalue weighted by molar-refractivity contribution is -0.303. The quantitative estimate of drug-likeness (QED) is 0.0215. The Hall–Kier alpha value is -1.67. The predicted octanol–water partition coefficient (Wildman–Crippen LogP) is 11.9. The van der Waals surface area contributed by atoms with E-state index in [4.69, 9.17) is 9.47 Å². The van der Waals surface area contributed by atoms with Crippen molar-refractivity contribution >= 4 is 5.91 Å². The normalized spacial score (nSPS) is 20.6. The smallest absolute Gasteiger partial charge is 0.249 e. The Morgan fingerprint density at radius 2 is 0.870 bits per heavy atom. The number of allylic oxidation sites excluding steroid dienone is 6. The third-order valence-electron chi connectivity index (χ3n) is 13.9. The highest BCUT2D eigenvalue weighted by Gasteiger charge is 2.44. The molecule has 0 saturated carbocycles. The first kappa shape index (κ1) is 65.3. The molecule has 9 unspecified atom stereocenters. The second kappa shape index (κ2) is 47.3. The van der Waals surface area contributed by atoms with Gasteiger partial charge in [-0.1, -0.05) is 217 Å². The van der Waals surface area contributed by atoms with E-state index >= 15 is 0 Å². The molecule has 1 rings (SSSR count). The van der Waals surface area contributed by atoms with Gasteiger partial charge in [-0.15, -0.1) is 0 Å². The lowest BCUT2D eigenvalue weighted by Gasteiger charge is -2.40. The Morgan fingerprint density at radius 1 is 0.493 bits per heavy atom.